The number of thiol groups is 1. The Morgan fingerprint density at radius 1 is 1.14 bits per heavy atom. The highest BCUT2D eigenvalue weighted by molar-refractivity contribution is 7.79. The number of anilines is 2. The van der Waals surface area contributed by atoms with E-state index in [0.717, 1.165) is 15.6 Å². The topological polar surface area (TPSA) is 69.0 Å². The minimum Gasteiger partial charge on any atom is -0.339 e. The number of hydrogen-bond acceptors (Lipinski definition) is 6. The zero-order valence-electron chi connectivity index (χ0n) is 15.8. The van der Waals surface area contributed by atoms with Gasteiger partial charge >= 0.3 is 0 Å². The minimum absolute atomic E-state index is 0.587. The van der Waals surface area contributed by atoms with Gasteiger partial charge in [-0.15, -0.1) is 0 Å². The van der Waals surface area contributed by atoms with Crippen molar-refractivity contribution in [3.63, 3.8) is 0 Å². The van der Waals surface area contributed by atoms with Gasteiger partial charge in [0.15, 0.2) is 5.13 Å². The molecule has 0 aliphatic carbocycles. The van der Waals surface area contributed by atoms with E-state index < -0.39 is 0 Å². The van der Waals surface area contributed by atoms with Gasteiger partial charge in [-0.25, -0.2) is 4.98 Å². The fourth-order valence-corrected chi connectivity index (χ4v) is 3.53. The molecule has 2 aromatic carbocycles. The van der Waals surface area contributed by atoms with E-state index in [1.54, 1.807) is 12.3 Å². The van der Waals surface area contributed by atoms with E-state index in [0.29, 0.717) is 30.9 Å². The van der Waals surface area contributed by atoms with Crippen LogP contribution in [-0.2, 0) is 17.9 Å². The van der Waals surface area contributed by atoms with E-state index in [-0.39, 0.29) is 0 Å². The van der Waals surface area contributed by atoms with E-state index in [1.807, 2.05) is 43.3 Å². The maximum absolute atomic E-state index is 10.8. The molecule has 0 radical (unpaired) electrons. The van der Waals surface area contributed by atoms with Crippen LogP contribution in [0.15, 0.2) is 54.6 Å². The largest absolute Gasteiger partial charge is 0.339 e. The Morgan fingerprint density at radius 3 is 2.50 bits per heavy atom. The number of nitriles is 1. The predicted molar refractivity (Wildman–Crippen MR) is 119 cm³/mol. The number of nitrogens with zero attached hydrogens (tertiary/aromatic N) is 3. The lowest BCUT2D eigenvalue weighted by Crippen LogP contribution is -2.22. The summed E-state index contributed by atoms with van der Waals surface area (Å²) in [7, 11) is 0. The van der Waals surface area contributed by atoms with E-state index in [4.69, 9.17) is 5.26 Å². The first kappa shape index (κ1) is 21.5. The number of benzene rings is 2. The van der Waals surface area contributed by atoms with E-state index >= 15 is 0 Å². The van der Waals surface area contributed by atoms with Gasteiger partial charge in [0.25, 0.3) is 0 Å². The van der Waals surface area contributed by atoms with Crippen molar-refractivity contribution in [3.8, 4) is 6.07 Å². The molecule has 0 saturated heterocycles. The van der Waals surface area contributed by atoms with Gasteiger partial charge in [-0.05, 0) is 36.4 Å². The van der Waals surface area contributed by atoms with Crippen LogP contribution < -0.4 is 10.2 Å². The van der Waals surface area contributed by atoms with Gasteiger partial charge in [-0.2, -0.15) is 17.9 Å². The molecule has 0 aliphatic heterocycles. The molecule has 1 aromatic heterocycles. The van der Waals surface area contributed by atoms with Crippen molar-refractivity contribution < 1.29 is 4.79 Å². The zero-order valence-corrected chi connectivity index (χ0v) is 17.5. The molecule has 0 fully saturated rings. The second-order valence-electron chi connectivity index (χ2n) is 5.82. The fourth-order valence-electron chi connectivity index (χ4n) is 2.66. The first-order chi connectivity index (χ1) is 13.7. The molecular weight excluding hydrogens is 388 g/mol. The number of thiazole rings is 1. The van der Waals surface area contributed by atoms with Crippen molar-refractivity contribution in [1.82, 2.24) is 4.98 Å². The quantitative estimate of drug-likeness (QED) is 0.440. The molecule has 28 heavy (non-hydrogen) atoms. The highest BCUT2D eigenvalue weighted by Gasteiger charge is 2.15. The summed E-state index contributed by atoms with van der Waals surface area (Å²) in [4.78, 5) is 18.4. The van der Waals surface area contributed by atoms with Gasteiger partial charge in [0.05, 0.1) is 11.6 Å². The Bertz CT molecular complexity index is 935. The monoisotopic (exact) mass is 410 g/mol. The molecule has 7 heteroatoms. The Labute approximate surface area is 175 Å². The third-order valence-corrected chi connectivity index (χ3v) is 4.93. The lowest BCUT2D eigenvalue weighted by Gasteiger charge is -2.22. The molecule has 0 saturated carbocycles. The van der Waals surface area contributed by atoms with Crippen LogP contribution in [0.2, 0.25) is 0 Å². The second-order valence-corrected chi connectivity index (χ2v) is 7.00. The lowest BCUT2D eigenvalue weighted by molar-refractivity contribution is -0.105. The molecule has 0 bridgehead atoms. The summed E-state index contributed by atoms with van der Waals surface area (Å²) in [6.07, 6.45) is 2.34. The van der Waals surface area contributed by atoms with E-state index in [2.05, 4.69) is 46.0 Å². The summed E-state index contributed by atoms with van der Waals surface area (Å²) in [5.41, 5.74) is 2.85. The predicted octanol–water partition coefficient (Wildman–Crippen LogP) is 4.64. The van der Waals surface area contributed by atoms with Crippen LogP contribution in [0, 0.1) is 18.3 Å². The van der Waals surface area contributed by atoms with E-state index in [1.165, 1.54) is 16.9 Å². The number of amides is 1. The molecule has 1 heterocycles. The normalized spacial score (nSPS) is 9.64. The van der Waals surface area contributed by atoms with Crippen LogP contribution in [0.25, 0.3) is 0 Å². The lowest BCUT2D eigenvalue weighted by atomic mass is 10.1. The molecule has 3 rings (SSSR count). The first-order valence-corrected chi connectivity index (χ1v) is 10.3. The Morgan fingerprint density at radius 2 is 1.82 bits per heavy atom. The molecule has 0 atom stereocenters. The van der Waals surface area contributed by atoms with Crippen molar-refractivity contribution in [2.24, 2.45) is 0 Å². The van der Waals surface area contributed by atoms with Crippen LogP contribution in [0.3, 0.4) is 0 Å². The highest BCUT2D eigenvalue weighted by atomic mass is 32.1. The summed E-state index contributed by atoms with van der Waals surface area (Å²) < 4.78 is 0. The number of nitrogens with one attached hydrogen (secondary N) is 1. The van der Waals surface area contributed by atoms with Crippen molar-refractivity contribution >= 4 is 41.3 Å². The van der Waals surface area contributed by atoms with Gasteiger partial charge in [0.2, 0.25) is 6.41 Å². The maximum atomic E-state index is 10.8. The second kappa shape index (κ2) is 11.1. The summed E-state index contributed by atoms with van der Waals surface area (Å²) in [5.74, 6) is 0.587. The SMILES string of the molecule is CS.Cc1sc(N(Cc2ccccc2)Cc2cccc(C#N)c2)nc1NC=O. The first-order valence-electron chi connectivity index (χ1n) is 8.60. The summed E-state index contributed by atoms with van der Waals surface area (Å²) in [6, 6.07) is 19.9. The number of hydrogen-bond donors (Lipinski definition) is 2. The maximum Gasteiger partial charge on any atom is 0.212 e. The third-order valence-electron chi connectivity index (χ3n) is 3.90. The summed E-state index contributed by atoms with van der Waals surface area (Å²) in [5, 5.41) is 12.6. The molecule has 1 N–H and O–H groups in total. The molecule has 3 aromatic rings. The number of carbonyl (C=O) groups is 1. The number of aromatic nitrogens is 1. The third kappa shape index (κ3) is 5.84. The number of aryl methyl sites for hydroxylation is 1. The average molecular weight is 411 g/mol. The van der Waals surface area contributed by atoms with Gasteiger partial charge in [0.1, 0.15) is 5.82 Å². The molecule has 1 amide bonds. The van der Waals surface area contributed by atoms with Crippen LogP contribution >= 0.6 is 24.0 Å². The highest BCUT2D eigenvalue weighted by Crippen LogP contribution is 2.31. The average Bonchev–Trinajstić information content (AvgIpc) is 3.11. The smallest absolute Gasteiger partial charge is 0.212 e. The van der Waals surface area contributed by atoms with Gasteiger partial charge in [-0.3, -0.25) is 4.79 Å². The Balaban J connectivity index is 0.00000136. The molecule has 144 valence electrons. The Hall–Kier alpha value is -2.82. The van der Waals surface area contributed by atoms with Crippen LogP contribution in [0.1, 0.15) is 21.6 Å². The Kier molecular flexibility index (Phi) is 8.53. The molecule has 0 aliphatic rings. The molecule has 0 spiro atoms. The van der Waals surface area contributed by atoms with E-state index in [9.17, 15) is 4.79 Å². The van der Waals surface area contributed by atoms with Crippen LogP contribution in [-0.4, -0.2) is 17.6 Å². The number of carbonyl (C=O) groups excluding carboxylic acids is 1. The van der Waals surface area contributed by atoms with Crippen molar-refractivity contribution in [3.05, 3.63) is 76.2 Å². The van der Waals surface area contributed by atoms with Crippen LogP contribution in [0.5, 0.6) is 0 Å². The molecule has 0 unspecified atom stereocenters. The fraction of sp³-hybridized carbons (Fsp3) is 0.190. The minimum atomic E-state index is 0.587. The zero-order chi connectivity index (χ0) is 20.4. The van der Waals surface area contributed by atoms with Crippen LogP contribution in [0.4, 0.5) is 10.9 Å². The van der Waals surface area contributed by atoms with Crippen molar-refractivity contribution in [2.75, 3.05) is 16.5 Å². The van der Waals surface area contributed by atoms with Crippen molar-refractivity contribution in [2.45, 2.75) is 20.0 Å². The van der Waals surface area contributed by atoms with Crippen molar-refractivity contribution in [1.29, 1.82) is 5.26 Å². The van der Waals surface area contributed by atoms with Gasteiger partial charge in [0, 0.05) is 18.0 Å². The van der Waals surface area contributed by atoms with Gasteiger partial charge in [-0.1, -0.05) is 53.8 Å². The summed E-state index contributed by atoms with van der Waals surface area (Å²) in [6.45, 7) is 3.24. The summed E-state index contributed by atoms with van der Waals surface area (Å²) >= 11 is 5.07. The number of rotatable bonds is 7. The molecule has 5 nitrogen and oxygen atoms in total. The molecular formula is C21H22N4OS2. The standard InChI is InChI=1S/C20H18N4OS.CH4S/c1-15-19(22-14-25)23-20(26-15)24(12-16-6-3-2-4-7-16)13-18-9-5-8-17(10-18)11-21;1-2/h2-10,14H,12-13H2,1H3,(H,22,25);2H,1H3. The van der Waals surface area contributed by atoms with Gasteiger partial charge < -0.3 is 10.2 Å².